The zero-order valence-electron chi connectivity index (χ0n) is 14.8. The van der Waals surface area contributed by atoms with Crippen LogP contribution in [0, 0.1) is 0 Å². The lowest BCUT2D eigenvalue weighted by atomic mass is 10.0. The van der Waals surface area contributed by atoms with Gasteiger partial charge in [-0.25, -0.2) is 10.9 Å². The molecule has 2 aromatic rings. The van der Waals surface area contributed by atoms with Gasteiger partial charge in [-0.05, 0) is 31.6 Å². The summed E-state index contributed by atoms with van der Waals surface area (Å²) in [5.41, 5.74) is 8.74. The van der Waals surface area contributed by atoms with Crippen molar-refractivity contribution in [1.29, 1.82) is 0 Å². The first-order valence-corrected chi connectivity index (χ1v) is 8.70. The minimum atomic E-state index is -0.219. The van der Waals surface area contributed by atoms with Crippen molar-refractivity contribution in [3.05, 3.63) is 71.8 Å². The van der Waals surface area contributed by atoms with Crippen LogP contribution in [-0.4, -0.2) is 37.5 Å². The van der Waals surface area contributed by atoms with Crippen molar-refractivity contribution in [3.8, 4) is 0 Å². The van der Waals surface area contributed by atoms with E-state index in [9.17, 15) is 4.79 Å². The molecule has 1 amide bonds. The summed E-state index contributed by atoms with van der Waals surface area (Å²) >= 11 is 0. The third-order valence-corrected chi connectivity index (χ3v) is 4.70. The molecule has 1 fully saturated rings. The van der Waals surface area contributed by atoms with Crippen LogP contribution in [0.4, 0.5) is 0 Å². The van der Waals surface area contributed by atoms with E-state index in [-0.39, 0.29) is 24.0 Å². The van der Waals surface area contributed by atoms with Gasteiger partial charge in [-0.2, -0.15) is 0 Å². The standard InChI is InChI=1S/C20H26N4O/c1-24(2)19(16-11-7-4-8-12-16)14-21-20(25)18-13-17(22-23-18)15-9-5-3-6-10-15/h3-12,17-19,22-23H,13-14H2,1-2H3,(H,21,25). The minimum Gasteiger partial charge on any atom is -0.353 e. The minimum absolute atomic E-state index is 0.0358. The van der Waals surface area contributed by atoms with Gasteiger partial charge < -0.3 is 10.2 Å². The monoisotopic (exact) mass is 338 g/mol. The van der Waals surface area contributed by atoms with Crippen LogP contribution in [0.3, 0.4) is 0 Å². The molecule has 25 heavy (non-hydrogen) atoms. The lowest BCUT2D eigenvalue weighted by Gasteiger charge is -2.25. The second-order valence-corrected chi connectivity index (χ2v) is 6.68. The second-order valence-electron chi connectivity index (χ2n) is 6.68. The van der Waals surface area contributed by atoms with E-state index >= 15 is 0 Å². The van der Waals surface area contributed by atoms with Crippen LogP contribution in [0.5, 0.6) is 0 Å². The van der Waals surface area contributed by atoms with Gasteiger partial charge in [0.25, 0.3) is 0 Å². The number of benzene rings is 2. The molecule has 3 unspecified atom stereocenters. The number of hydrogen-bond donors (Lipinski definition) is 3. The lowest BCUT2D eigenvalue weighted by Crippen LogP contribution is -2.45. The fraction of sp³-hybridized carbons (Fsp3) is 0.350. The van der Waals surface area contributed by atoms with Crippen molar-refractivity contribution < 1.29 is 4.79 Å². The smallest absolute Gasteiger partial charge is 0.238 e. The Morgan fingerprint density at radius 3 is 2.36 bits per heavy atom. The Morgan fingerprint density at radius 2 is 1.72 bits per heavy atom. The summed E-state index contributed by atoms with van der Waals surface area (Å²) in [5.74, 6) is 0.0358. The number of hydrogen-bond acceptors (Lipinski definition) is 4. The first-order valence-electron chi connectivity index (χ1n) is 8.70. The zero-order chi connectivity index (χ0) is 17.6. The lowest BCUT2D eigenvalue weighted by molar-refractivity contribution is -0.123. The van der Waals surface area contributed by atoms with Crippen LogP contribution in [0.1, 0.15) is 29.6 Å². The Hall–Kier alpha value is -2.21. The van der Waals surface area contributed by atoms with Gasteiger partial charge in [-0.1, -0.05) is 60.7 Å². The van der Waals surface area contributed by atoms with E-state index in [1.165, 1.54) is 11.1 Å². The number of nitrogens with one attached hydrogen (secondary N) is 3. The van der Waals surface area contributed by atoms with Gasteiger partial charge in [-0.15, -0.1) is 0 Å². The highest BCUT2D eigenvalue weighted by molar-refractivity contribution is 5.82. The topological polar surface area (TPSA) is 56.4 Å². The average Bonchev–Trinajstić information content (AvgIpc) is 3.13. The van der Waals surface area contributed by atoms with E-state index in [1.54, 1.807) is 0 Å². The van der Waals surface area contributed by atoms with E-state index < -0.39 is 0 Å². The summed E-state index contributed by atoms with van der Waals surface area (Å²) < 4.78 is 0. The molecular weight excluding hydrogens is 312 g/mol. The number of amides is 1. The summed E-state index contributed by atoms with van der Waals surface area (Å²) in [6, 6.07) is 20.6. The summed E-state index contributed by atoms with van der Waals surface area (Å²) in [7, 11) is 4.06. The van der Waals surface area contributed by atoms with Gasteiger partial charge >= 0.3 is 0 Å². The van der Waals surface area contributed by atoms with E-state index in [1.807, 2.05) is 50.5 Å². The SMILES string of the molecule is CN(C)C(CNC(=O)C1CC(c2ccccc2)NN1)c1ccccc1. The van der Waals surface area contributed by atoms with Crippen molar-refractivity contribution in [2.45, 2.75) is 24.5 Å². The van der Waals surface area contributed by atoms with Gasteiger partial charge in [0, 0.05) is 12.6 Å². The van der Waals surface area contributed by atoms with Crippen LogP contribution in [0.2, 0.25) is 0 Å². The number of carbonyl (C=O) groups excluding carboxylic acids is 1. The third-order valence-electron chi connectivity index (χ3n) is 4.70. The predicted octanol–water partition coefficient (Wildman–Crippen LogP) is 2.01. The zero-order valence-corrected chi connectivity index (χ0v) is 14.8. The second kappa shape index (κ2) is 8.25. The van der Waals surface area contributed by atoms with E-state index in [0.29, 0.717) is 6.54 Å². The Bertz CT molecular complexity index is 675. The van der Waals surface area contributed by atoms with Gasteiger partial charge in [-0.3, -0.25) is 4.79 Å². The predicted molar refractivity (Wildman–Crippen MR) is 99.7 cm³/mol. The van der Waals surface area contributed by atoms with Crippen molar-refractivity contribution >= 4 is 5.91 Å². The Morgan fingerprint density at radius 1 is 1.08 bits per heavy atom. The average molecular weight is 338 g/mol. The first-order chi connectivity index (χ1) is 12.1. The van der Waals surface area contributed by atoms with Gasteiger partial charge in [0.15, 0.2) is 0 Å². The Balaban J connectivity index is 1.55. The normalized spacial score (nSPS) is 21.2. The Labute approximate surface area is 149 Å². The molecule has 3 N–H and O–H groups in total. The first kappa shape index (κ1) is 17.6. The Kier molecular flexibility index (Phi) is 5.81. The molecule has 1 saturated heterocycles. The maximum absolute atomic E-state index is 12.5. The number of rotatable bonds is 6. The molecule has 2 aromatic carbocycles. The van der Waals surface area contributed by atoms with E-state index in [4.69, 9.17) is 0 Å². The highest BCUT2D eigenvalue weighted by Crippen LogP contribution is 2.22. The van der Waals surface area contributed by atoms with Crippen molar-refractivity contribution in [3.63, 3.8) is 0 Å². The molecule has 0 spiro atoms. The van der Waals surface area contributed by atoms with Gasteiger partial charge in [0.1, 0.15) is 6.04 Å². The molecule has 1 aliphatic rings. The highest BCUT2D eigenvalue weighted by Gasteiger charge is 2.30. The number of hydrazine groups is 1. The maximum atomic E-state index is 12.5. The van der Waals surface area contributed by atoms with Crippen molar-refractivity contribution in [1.82, 2.24) is 21.1 Å². The molecule has 0 aliphatic carbocycles. The molecule has 132 valence electrons. The molecule has 1 aliphatic heterocycles. The third kappa shape index (κ3) is 4.45. The molecule has 3 rings (SSSR count). The van der Waals surface area contributed by atoms with E-state index in [2.05, 4.69) is 45.3 Å². The highest BCUT2D eigenvalue weighted by atomic mass is 16.2. The van der Waals surface area contributed by atoms with Crippen LogP contribution in [0.25, 0.3) is 0 Å². The number of likely N-dealkylation sites (N-methyl/N-ethyl adjacent to an activating group) is 1. The molecule has 0 aromatic heterocycles. The molecule has 3 atom stereocenters. The van der Waals surface area contributed by atoms with Crippen LogP contribution in [-0.2, 0) is 4.79 Å². The summed E-state index contributed by atoms with van der Waals surface area (Å²) in [4.78, 5) is 14.7. The van der Waals surface area contributed by atoms with Crippen LogP contribution in [0.15, 0.2) is 60.7 Å². The molecule has 0 radical (unpaired) electrons. The number of nitrogens with zero attached hydrogens (tertiary/aromatic N) is 1. The fourth-order valence-electron chi connectivity index (χ4n) is 3.23. The van der Waals surface area contributed by atoms with Crippen molar-refractivity contribution in [2.24, 2.45) is 0 Å². The quantitative estimate of drug-likeness (QED) is 0.754. The maximum Gasteiger partial charge on any atom is 0.238 e. The van der Waals surface area contributed by atoms with E-state index in [0.717, 1.165) is 6.42 Å². The molecule has 5 heteroatoms. The largest absolute Gasteiger partial charge is 0.353 e. The summed E-state index contributed by atoms with van der Waals surface area (Å²) in [6.07, 6.45) is 0.744. The van der Waals surface area contributed by atoms with Gasteiger partial charge in [0.05, 0.1) is 6.04 Å². The summed E-state index contributed by atoms with van der Waals surface area (Å²) in [5, 5.41) is 3.09. The summed E-state index contributed by atoms with van der Waals surface area (Å²) in [6.45, 7) is 0.587. The molecular formula is C20H26N4O. The molecule has 0 saturated carbocycles. The fourth-order valence-corrected chi connectivity index (χ4v) is 3.23. The van der Waals surface area contributed by atoms with Gasteiger partial charge in [0.2, 0.25) is 5.91 Å². The molecule has 0 bridgehead atoms. The molecule has 5 nitrogen and oxygen atoms in total. The number of carbonyl (C=O) groups is 1. The molecule has 1 heterocycles. The van der Waals surface area contributed by atoms with Crippen LogP contribution >= 0.6 is 0 Å². The van der Waals surface area contributed by atoms with Crippen LogP contribution < -0.4 is 16.2 Å². The van der Waals surface area contributed by atoms with Crippen molar-refractivity contribution in [2.75, 3.05) is 20.6 Å².